The fraction of sp³-hybridized carbons (Fsp3) is 0.643. The molecule has 0 aromatic carbocycles. The van der Waals surface area contributed by atoms with E-state index in [0.29, 0.717) is 18.8 Å². The molecule has 6 heteroatoms. The molecule has 6 nitrogen and oxygen atoms in total. The number of hydrogen-bond donors (Lipinski definition) is 0. The van der Waals surface area contributed by atoms with Crippen molar-refractivity contribution in [3.05, 3.63) is 17.7 Å². The van der Waals surface area contributed by atoms with Gasteiger partial charge in [-0.2, -0.15) is 0 Å². The van der Waals surface area contributed by atoms with Crippen LogP contribution < -0.4 is 0 Å². The summed E-state index contributed by atoms with van der Waals surface area (Å²) in [7, 11) is 1.82. The number of aromatic nitrogens is 2. The zero-order valence-corrected chi connectivity index (χ0v) is 12.6. The number of carbonyl (C=O) groups excluding carboxylic acids is 2. The van der Waals surface area contributed by atoms with Crippen LogP contribution in [0.15, 0.2) is 6.20 Å². The van der Waals surface area contributed by atoms with Crippen molar-refractivity contribution >= 4 is 11.9 Å². The van der Waals surface area contributed by atoms with Gasteiger partial charge in [-0.25, -0.2) is 9.78 Å². The average Bonchev–Trinajstić information content (AvgIpc) is 2.54. The number of Topliss-reactive ketones (excluding diaryl/α,β-unsaturated/α-hetero) is 1. The SMILES string of the molecule is Cc1ncc(C(=O)C2CN(C(=O)OC(C)(C)C)C2)n1C. The van der Waals surface area contributed by atoms with Crippen LogP contribution in [-0.2, 0) is 11.8 Å². The number of rotatable bonds is 2. The predicted molar refractivity (Wildman–Crippen MR) is 73.6 cm³/mol. The number of hydrogen-bond acceptors (Lipinski definition) is 4. The van der Waals surface area contributed by atoms with Gasteiger partial charge in [0.1, 0.15) is 17.1 Å². The molecule has 1 aliphatic heterocycles. The minimum Gasteiger partial charge on any atom is -0.444 e. The average molecular weight is 279 g/mol. The maximum absolute atomic E-state index is 12.3. The van der Waals surface area contributed by atoms with Crippen molar-refractivity contribution in [3.8, 4) is 0 Å². The van der Waals surface area contributed by atoms with Gasteiger partial charge in [0.15, 0.2) is 5.78 Å². The Morgan fingerprint density at radius 2 is 1.95 bits per heavy atom. The summed E-state index contributed by atoms with van der Waals surface area (Å²) >= 11 is 0. The summed E-state index contributed by atoms with van der Waals surface area (Å²) in [4.78, 5) is 29.7. The van der Waals surface area contributed by atoms with Crippen molar-refractivity contribution in [2.24, 2.45) is 13.0 Å². The summed E-state index contributed by atoms with van der Waals surface area (Å²) in [6, 6.07) is 0. The molecule has 1 aromatic rings. The van der Waals surface area contributed by atoms with E-state index in [1.54, 1.807) is 15.7 Å². The predicted octanol–water partition coefficient (Wildman–Crippen LogP) is 1.78. The van der Waals surface area contributed by atoms with Gasteiger partial charge in [-0.05, 0) is 27.7 Å². The number of carbonyl (C=O) groups is 2. The molecular formula is C14H21N3O3. The maximum Gasteiger partial charge on any atom is 0.410 e. The monoisotopic (exact) mass is 279 g/mol. The van der Waals surface area contributed by atoms with Gasteiger partial charge < -0.3 is 14.2 Å². The standard InChI is InChI=1S/C14H21N3O3/c1-9-15-6-11(16(9)5)12(18)10-7-17(8-10)13(19)20-14(2,3)4/h6,10H,7-8H2,1-5H3. The number of nitrogens with zero attached hydrogens (tertiary/aromatic N) is 3. The fourth-order valence-corrected chi connectivity index (χ4v) is 2.06. The van der Waals surface area contributed by atoms with Crippen LogP contribution in [0.25, 0.3) is 0 Å². The quantitative estimate of drug-likeness (QED) is 0.774. The summed E-state index contributed by atoms with van der Waals surface area (Å²) in [5, 5.41) is 0. The highest BCUT2D eigenvalue weighted by Gasteiger charge is 2.38. The van der Waals surface area contributed by atoms with E-state index < -0.39 is 5.60 Å². The molecule has 0 spiro atoms. The topological polar surface area (TPSA) is 64.4 Å². The first-order valence-corrected chi connectivity index (χ1v) is 6.69. The van der Waals surface area contributed by atoms with E-state index in [9.17, 15) is 9.59 Å². The van der Waals surface area contributed by atoms with Crippen LogP contribution in [0.2, 0.25) is 0 Å². The molecule has 0 radical (unpaired) electrons. The van der Waals surface area contributed by atoms with E-state index in [4.69, 9.17) is 4.74 Å². The first-order chi connectivity index (χ1) is 9.19. The minimum atomic E-state index is -0.509. The number of ketones is 1. The lowest BCUT2D eigenvalue weighted by Gasteiger charge is -2.38. The van der Waals surface area contributed by atoms with Crippen LogP contribution in [-0.4, -0.2) is 45.0 Å². The Bertz CT molecular complexity index is 536. The molecule has 0 aliphatic carbocycles. The Labute approximate surface area is 118 Å². The second-order valence-corrected chi connectivity index (χ2v) is 6.20. The maximum atomic E-state index is 12.3. The summed E-state index contributed by atoms with van der Waals surface area (Å²) in [5.74, 6) is 0.682. The van der Waals surface area contributed by atoms with E-state index in [1.165, 1.54) is 0 Å². The number of likely N-dealkylation sites (tertiary alicyclic amines) is 1. The Kier molecular flexibility index (Phi) is 3.58. The molecule has 110 valence electrons. The summed E-state index contributed by atoms with van der Waals surface area (Å²) in [5.41, 5.74) is 0.0852. The van der Waals surface area contributed by atoms with Gasteiger partial charge in [0.2, 0.25) is 0 Å². The third-order valence-corrected chi connectivity index (χ3v) is 3.38. The van der Waals surface area contributed by atoms with E-state index in [2.05, 4.69) is 4.98 Å². The van der Waals surface area contributed by atoms with Gasteiger partial charge in [-0.1, -0.05) is 0 Å². The van der Waals surface area contributed by atoms with Crippen LogP contribution in [0.4, 0.5) is 4.79 Å². The summed E-state index contributed by atoms with van der Waals surface area (Å²) in [6.45, 7) is 8.16. The van der Waals surface area contributed by atoms with E-state index in [1.807, 2.05) is 34.7 Å². The smallest absolute Gasteiger partial charge is 0.410 e. The van der Waals surface area contributed by atoms with Gasteiger partial charge in [-0.3, -0.25) is 4.79 Å². The largest absolute Gasteiger partial charge is 0.444 e. The lowest BCUT2D eigenvalue weighted by molar-refractivity contribution is 0.00136. The molecule has 1 saturated heterocycles. The highest BCUT2D eigenvalue weighted by molar-refractivity contribution is 5.97. The molecule has 1 amide bonds. The fourth-order valence-electron chi connectivity index (χ4n) is 2.06. The number of aryl methyl sites for hydroxylation is 1. The normalized spacial score (nSPS) is 15.9. The Morgan fingerprint density at radius 1 is 1.35 bits per heavy atom. The molecule has 2 heterocycles. The van der Waals surface area contributed by atoms with Gasteiger partial charge >= 0.3 is 6.09 Å². The third kappa shape index (κ3) is 2.84. The lowest BCUT2D eigenvalue weighted by Crippen LogP contribution is -2.54. The van der Waals surface area contributed by atoms with Crippen molar-refractivity contribution in [2.75, 3.05) is 13.1 Å². The molecule has 1 aliphatic rings. The molecule has 0 N–H and O–H groups in total. The van der Waals surface area contributed by atoms with Crippen LogP contribution in [0.5, 0.6) is 0 Å². The zero-order valence-electron chi connectivity index (χ0n) is 12.6. The van der Waals surface area contributed by atoms with Crippen LogP contribution in [0, 0.1) is 12.8 Å². The van der Waals surface area contributed by atoms with Crippen molar-refractivity contribution in [1.82, 2.24) is 14.5 Å². The Morgan fingerprint density at radius 3 is 2.40 bits per heavy atom. The molecule has 0 atom stereocenters. The highest BCUT2D eigenvalue weighted by Crippen LogP contribution is 2.23. The first kappa shape index (κ1) is 14.6. The molecule has 1 fully saturated rings. The Balaban J connectivity index is 1.92. The van der Waals surface area contributed by atoms with Gasteiger partial charge in [-0.15, -0.1) is 0 Å². The molecular weight excluding hydrogens is 258 g/mol. The van der Waals surface area contributed by atoms with Gasteiger partial charge in [0.25, 0.3) is 0 Å². The molecule has 0 bridgehead atoms. The summed E-state index contributed by atoms with van der Waals surface area (Å²) in [6.07, 6.45) is 1.23. The van der Waals surface area contributed by atoms with E-state index in [0.717, 1.165) is 5.82 Å². The second kappa shape index (κ2) is 4.92. The van der Waals surface area contributed by atoms with Crippen LogP contribution in [0.1, 0.15) is 37.1 Å². The Hall–Kier alpha value is -1.85. The van der Waals surface area contributed by atoms with Crippen molar-refractivity contribution < 1.29 is 14.3 Å². The van der Waals surface area contributed by atoms with Crippen LogP contribution in [0.3, 0.4) is 0 Å². The van der Waals surface area contributed by atoms with E-state index >= 15 is 0 Å². The highest BCUT2D eigenvalue weighted by atomic mass is 16.6. The van der Waals surface area contributed by atoms with Gasteiger partial charge in [0, 0.05) is 20.1 Å². The van der Waals surface area contributed by atoms with Gasteiger partial charge in [0.05, 0.1) is 12.1 Å². The number of ether oxygens (including phenoxy) is 1. The van der Waals surface area contributed by atoms with Crippen molar-refractivity contribution in [3.63, 3.8) is 0 Å². The lowest BCUT2D eigenvalue weighted by atomic mass is 9.94. The number of imidazole rings is 1. The first-order valence-electron chi connectivity index (χ1n) is 6.69. The molecule has 2 rings (SSSR count). The molecule has 1 aromatic heterocycles. The van der Waals surface area contributed by atoms with Crippen molar-refractivity contribution in [1.29, 1.82) is 0 Å². The van der Waals surface area contributed by atoms with E-state index in [-0.39, 0.29) is 17.8 Å². The molecule has 20 heavy (non-hydrogen) atoms. The minimum absolute atomic E-state index is 0.0351. The zero-order chi connectivity index (χ0) is 15.1. The molecule has 0 unspecified atom stereocenters. The second-order valence-electron chi connectivity index (χ2n) is 6.20. The van der Waals surface area contributed by atoms with Crippen molar-refractivity contribution in [2.45, 2.75) is 33.3 Å². The van der Waals surface area contributed by atoms with Crippen LogP contribution >= 0.6 is 0 Å². The summed E-state index contributed by atoms with van der Waals surface area (Å²) < 4.78 is 7.04. The number of amides is 1. The molecule has 0 saturated carbocycles. The third-order valence-electron chi connectivity index (χ3n) is 3.38.